The van der Waals surface area contributed by atoms with Gasteiger partial charge in [-0.3, -0.25) is 0 Å². The number of fused-ring (bicyclic) bond motifs is 7. The second kappa shape index (κ2) is 11.6. The molecule has 10 rings (SSSR count). The number of hydrogen-bond donors (Lipinski definition) is 0. The van der Waals surface area contributed by atoms with Gasteiger partial charge in [0.1, 0.15) is 5.52 Å². The van der Waals surface area contributed by atoms with Gasteiger partial charge in [0.2, 0.25) is 5.89 Å². The van der Waals surface area contributed by atoms with E-state index in [0.717, 1.165) is 44.3 Å². The minimum atomic E-state index is 0.576. The van der Waals surface area contributed by atoms with E-state index in [1.165, 1.54) is 43.3 Å². The molecule has 51 heavy (non-hydrogen) atoms. The van der Waals surface area contributed by atoms with Crippen LogP contribution in [0.4, 0.5) is 5.69 Å². The average molecular weight is 649 g/mol. The van der Waals surface area contributed by atoms with Crippen molar-refractivity contribution >= 4 is 59.9 Å². The molecule has 0 fully saturated rings. The molecule has 0 unspecified atom stereocenters. The van der Waals surface area contributed by atoms with Crippen LogP contribution in [0, 0.1) is 6.57 Å². The van der Waals surface area contributed by atoms with Gasteiger partial charge in [0.25, 0.3) is 0 Å². The van der Waals surface area contributed by atoms with Gasteiger partial charge in [-0.2, -0.15) is 0 Å². The summed E-state index contributed by atoms with van der Waals surface area (Å²) >= 11 is 0. The molecule has 0 aliphatic heterocycles. The van der Waals surface area contributed by atoms with Gasteiger partial charge in [-0.25, -0.2) is 9.83 Å². The smallest absolute Gasteiger partial charge is 0.227 e. The summed E-state index contributed by atoms with van der Waals surface area (Å²) in [6.45, 7) is 7.43. The lowest BCUT2D eigenvalue weighted by Gasteiger charge is -2.13. The highest BCUT2D eigenvalue weighted by atomic mass is 16.3. The van der Waals surface area contributed by atoms with E-state index in [4.69, 9.17) is 16.0 Å². The zero-order valence-electron chi connectivity index (χ0n) is 27.5. The Kier molecular flexibility index (Phi) is 6.56. The molecule has 1 aromatic heterocycles. The standard InChI is InChI=1S/C48H28N2O/c1-49-36-24-22-30(23-25-36)35-28-45(44-27-34-11-3-5-13-38(34)40-15-7-9-17-42(40)44)47-46(29-35)51-48(50-47)32-20-18-31(19-21-32)43-26-33-10-2-4-12-37(33)39-14-6-8-16-41(39)43/h2-29H. The second-order valence-electron chi connectivity index (χ2n) is 13.0. The summed E-state index contributed by atoms with van der Waals surface area (Å²) in [5.74, 6) is 0.576. The summed E-state index contributed by atoms with van der Waals surface area (Å²) < 4.78 is 6.64. The van der Waals surface area contributed by atoms with Crippen molar-refractivity contribution in [3.8, 4) is 44.8 Å². The monoisotopic (exact) mass is 648 g/mol. The molecule has 3 nitrogen and oxygen atoms in total. The molecule has 10 aromatic rings. The number of aromatic nitrogens is 1. The maximum absolute atomic E-state index is 7.43. The van der Waals surface area contributed by atoms with E-state index in [1.54, 1.807) is 0 Å². The van der Waals surface area contributed by atoms with E-state index in [-0.39, 0.29) is 0 Å². The summed E-state index contributed by atoms with van der Waals surface area (Å²) in [5.41, 5.74) is 9.54. The molecule has 0 atom stereocenters. The highest BCUT2D eigenvalue weighted by Gasteiger charge is 2.19. The molecule has 0 bridgehead atoms. The van der Waals surface area contributed by atoms with Gasteiger partial charge in [-0.1, -0.05) is 133 Å². The first-order chi connectivity index (χ1) is 25.2. The van der Waals surface area contributed by atoms with Crippen molar-refractivity contribution in [2.45, 2.75) is 0 Å². The lowest BCUT2D eigenvalue weighted by atomic mass is 9.91. The van der Waals surface area contributed by atoms with Gasteiger partial charge >= 0.3 is 0 Å². The first-order valence-electron chi connectivity index (χ1n) is 17.1. The first kappa shape index (κ1) is 28.9. The molecule has 0 N–H and O–H groups in total. The van der Waals surface area contributed by atoms with Crippen molar-refractivity contribution < 1.29 is 4.42 Å². The van der Waals surface area contributed by atoms with E-state index in [0.29, 0.717) is 17.2 Å². The fraction of sp³-hybridized carbons (Fsp3) is 0. The van der Waals surface area contributed by atoms with Gasteiger partial charge < -0.3 is 4.42 Å². The van der Waals surface area contributed by atoms with Crippen LogP contribution < -0.4 is 0 Å². The van der Waals surface area contributed by atoms with Crippen molar-refractivity contribution in [1.29, 1.82) is 0 Å². The molecular weight excluding hydrogens is 621 g/mol. The summed E-state index contributed by atoms with van der Waals surface area (Å²) in [5, 5.41) is 9.72. The Morgan fingerprint density at radius 3 is 1.55 bits per heavy atom. The van der Waals surface area contributed by atoms with Crippen LogP contribution in [-0.2, 0) is 0 Å². The number of rotatable bonds is 4. The molecule has 0 aliphatic rings. The minimum Gasteiger partial charge on any atom is -0.436 e. The number of benzene rings is 9. The van der Waals surface area contributed by atoms with Crippen LogP contribution in [0.5, 0.6) is 0 Å². The minimum absolute atomic E-state index is 0.576. The van der Waals surface area contributed by atoms with Crippen LogP contribution in [0.15, 0.2) is 174 Å². The Morgan fingerprint density at radius 2 is 0.922 bits per heavy atom. The predicted octanol–water partition coefficient (Wildman–Crippen LogP) is 13.7. The van der Waals surface area contributed by atoms with Crippen molar-refractivity contribution in [1.82, 2.24) is 4.98 Å². The Labute approximate surface area is 294 Å². The van der Waals surface area contributed by atoms with Gasteiger partial charge in [-0.05, 0) is 107 Å². The van der Waals surface area contributed by atoms with Gasteiger partial charge in [-0.15, -0.1) is 0 Å². The van der Waals surface area contributed by atoms with Crippen molar-refractivity contribution in [2.24, 2.45) is 0 Å². The summed E-state index contributed by atoms with van der Waals surface area (Å²) in [6.07, 6.45) is 0. The average Bonchev–Trinajstić information content (AvgIpc) is 3.65. The molecule has 0 amide bonds. The molecule has 9 aromatic carbocycles. The lowest BCUT2D eigenvalue weighted by molar-refractivity contribution is 0.620. The maximum atomic E-state index is 7.43. The maximum Gasteiger partial charge on any atom is 0.227 e. The highest BCUT2D eigenvalue weighted by molar-refractivity contribution is 6.16. The Bertz CT molecular complexity index is 3020. The van der Waals surface area contributed by atoms with Crippen molar-refractivity contribution in [3.05, 3.63) is 181 Å². The third kappa shape index (κ3) is 4.77. The van der Waals surface area contributed by atoms with Crippen LogP contribution in [0.2, 0.25) is 0 Å². The van der Waals surface area contributed by atoms with Crippen LogP contribution in [0.3, 0.4) is 0 Å². The quantitative estimate of drug-likeness (QED) is 0.140. The van der Waals surface area contributed by atoms with Gasteiger partial charge in [0, 0.05) is 11.1 Å². The number of oxazole rings is 1. The summed E-state index contributed by atoms with van der Waals surface area (Å²) in [4.78, 5) is 8.79. The SMILES string of the molecule is [C-]#[N+]c1ccc(-c2cc(-c3cc4ccccc4c4ccccc34)c3nc(-c4ccc(-c5cc6ccccc6c6ccccc56)cc4)oc3c2)cc1. The third-order valence-corrected chi connectivity index (χ3v) is 10.1. The normalized spacial score (nSPS) is 11.5. The fourth-order valence-corrected chi connectivity index (χ4v) is 7.62. The molecule has 0 aliphatic carbocycles. The zero-order valence-corrected chi connectivity index (χ0v) is 27.5. The molecule has 236 valence electrons. The fourth-order valence-electron chi connectivity index (χ4n) is 7.62. The van der Waals surface area contributed by atoms with Gasteiger partial charge in [0.15, 0.2) is 11.3 Å². The Hall–Kier alpha value is -7.02. The second-order valence-corrected chi connectivity index (χ2v) is 13.0. The molecule has 3 heteroatoms. The van der Waals surface area contributed by atoms with Crippen molar-refractivity contribution in [2.75, 3.05) is 0 Å². The van der Waals surface area contributed by atoms with Crippen LogP contribution >= 0.6 is 0 Å². The van der Waals surface area contributed by atoms with Gasteiger partial charge in [0.05, 0.1) is 6.57 Å². The molecule has 0 saturated heterocycles. The van der Waals surface area contributed by atoms with E-state index in [1.807, 2.05) is 24.3 Å². The van der Waals surface area contributed by atoms with E-state index < -0.39 is 0 Å². The molecular formula is C48H28N2O. The predicted molar refractivity (Wildman–Crippen MR) is 212 cm³/mol. The third-order valence-electron chi connectivity index (χ3n) is 10.1. The Morgan fingerprint density at radius 1 is 0.412 bits per heavy atom. The van der Waals surface area contributed by atoms with Crippen LogP contribution in [0.25, 0.3) is 104 Å². The van der Waals surface area contributed by atoms with E-state index in [2.05, 4.69) is 150 Å². The number of hydrogen-bond acceptors (Lipinski definition) is 2. The summed E-state index contributed by atoms with van der Waals surface area (Å²) in [6, 6.07) is 59.5. The zero-order chi connectivity index (χ0) is 33.9. The first-order valence-corrected chi connectivity index (χ1v) is 17.1. The highest BCUT2D eigenvalue weighted by Crippen LogP contribution is 2.42. The van der Waals surface area contributed by atoms with E-state index in [9.17, 15) is 0 Å². The van der Waals surface area contributed by atoms with Crippen molar-refractivity contribution in [3.63, 3.8) is 0 Å². The molecule has 0 radical (unpaired) electrons. The largest absolute Gasteiger partial charge is 0.436 e. The Balaban J connectivity index is 1.15. The molecule has 0 spiro atoms. The number of nitrogens with zero attached hydrogens (tertiary/aromatic N) is 2. The topological polar surface area (TPSA) is 30.4 Å². The van der Waals surface area contributed by atoms with Crippen LogP contribution in [0.1, 0.15) is 0 Å². The van der Waals surface area contributed by atoms with Crippen LogP contribution in [-0.4, -0.2) is 4.98 Å². The molecule has 1 heterocycles. The summed E-state index contributed by atoms with van der Waals surface area (Å²) in [7, 11) is 0. The lowest BCUT2D eigenvalue weighted by Crippen LogP contribution is -1.88. The van der Waals surface area contributed by atoms with E-state index >= 15 is 0 Å². The molecule has 0 saturated carbocycles.